The predicted molar refractivity (Wildman–Crippen MR) is 74.1 cm³/mol. The number of carbonyl (C=O) groups excluding carboxylic acids is 1. The molecule has 2 N–H and O–H groups in total. The molecule has 0 bridgehead atoms. The van der Waals surface area contributed by atoms with Crippen LogP contribution in [0.2, 0.25) is 0 Å². The van der Waals surface area contributed by atoms with Crippen molar-refractivity contribution in [3.05, 3.63) is 35.1 Å². The zero-order valence-corrected chi connectivity index (χ0v) is 12.2. The van der Waals surface area contributed by atoms with Gasteiger partial charge in [-0.25, -0.2) is 4.39 Å². The molecule has 20 heavy (non-hydrogen) atoms. The third kappa shape index (κ3) is 3.56. The summed E-state index contributed by atoms with van der Waals surface area (Å²) in [5, 5.41) is 11.7. The van der Waals surface area contributed by atoms with E-state index in [2.05, 4.69) is 5.32 Å². The van der Waals surface area contributed by atoms with Crippen LogP contribution in [-0.4, -0.2) is 22.5 Å². The van der Waals surface area contributed by atoms with Gasteiger partial charge in [0.15, 0.2) is 0 Å². The molecule has 0 saturated heterocycles. The SMILES string of the molecule is Cc1c(F)cccc1C(=O)NC(C)(CC(=O)O)C(C)C. The predicted octanol–water partition coefficient (Wildman–Crippen LogP) is 2.75. The Bertz CT molecular complexity index is 528. The van der Waals surface area contributed by atoms with Crippen molar-refractivity contribution in [2.24, 2.45) is 5.92 Å². The van der Waals surface area contributed by atoms with E-state index in [1.54, 1.807) is 6.92 Å². The summed E-state index contributed by atoms with van der Waals surface area (Å²) in [6, 6.07) is 4.27. The van der Waals surface area contributed by atoms with Crippen LogP contribution in [0.3, 0.4) is 0 Å². The number of benzene rings is 1. The maximum absolute atomic E-state index is 13.5. The first-order valence-corrected chi connectivity index (χ1v) is 6.47. The van der Waals surface area contributed by atoms with Gasteiger partial charge < -0.3 is 10.4 Å². The molecule has 110 valence electrons. The maximum Gasteiger partial charge on any atom is 0.305 e. The first-order chi connectivity index (χ1) is 9.17. The number of nitrogens with one attached hydrogen (secondary N) is 1. The highest BCUT2D eigenvalue weighted by molar-refractivity contribution is 5.96. The Balaban J connectivity index is 3.03. The Hall–Kier alpha value is -1.91. The highest BCUT2D eigenvalue weighted by Crippen LogP contribution is 2.22. The Labute approximate surface area is 118 Å². The van der Waals surface area contributed by atoms with Crippen LogP contribution in [0.5, 0.6) is 0 Å². The second-order valence-corrected chi connectivity index (χ2v) is 5.51. The summed E-state index contributed by atoms with van der Waals surface area (Å²) >= 11 is 0. The van der Waals surface area contributed by atoms with E-state index in [0.29, 0.717) is 0 Å². The van der Waals surface area contributed by atoms with Crippen molar-refractivity contribution in [2.75, 3.05) is 0 Å². The highest BCUT2D eigenvalue weighted by Gasteiger charge is 2.33. The molecule has 1 aromatic rings. The molecule has 1 aromatic carbocycles. The highest BCUT2D eigenvalue weighted by atomic mass is 19.1. The number of hydrogen-bond acceptors (Lipinski definition) is 2. The first kappa shape index (κ1) is 16.1. The number of carbonyl (C=O) groups is 2. The van der Waals surface area contributed by atoms with E-state index in [1.165, 1.54) is 25.1 Å². The molecule has 4 nitrogen and oxygen atoms in total. The van der Waals surface area contributed by atoms with E-state index < -0.39 is 23.2 Å². The minimum atomic E-state index is -0.988. The summed E-state index contributed by atoms with van der Waals surface area (Å²) in [5.74, 6) is -1.98. The number of carboxylic acid groups (broad SMARTS) is 1. The van der Waals surface area contributed by atoms with Gasteiger partial charge in [-0.15, -0.1) is 0 Å². The molecule has 0 spiro atoms. The second-order valence-electron chi connectivity index (χ2n) is 5.51. The average molecular weight is 281 g/mol. The summed E-state index contributed by atoms with van der Waals surface area (Å²) in [7, 11) is 0. The van der Waals surface area contributed by atoms with Crippen molar-refractivity contribution in [3.63, 3.8) is 0 Å². The van der Waals surface area contributed by atoms with Gasteiger partial charge in [-0.1, -0.05) is 19.9 Å². The Kier molecular flexibility index (Phi) is 4.87. The monoisotopic (exact) mass is 281 g/mol. The molecule has 0 aromatic heterocycles. The summed E-state index contributed by atoms with van der Waals surface area (Å²) in [5.41, 5.74) is -0.407. The number of hydrogen-bond donors (Lipinski definition) is 2. The molecule has 0 radical (unpaired) electrons. The van der Waals surface area contributed by atoms with Gasteiger partial charge in [0.1, 0.15) is 5.82 Å². The third-order valence-corrected chi connectivity index (χ3v) is 3.70. The third-order valence-electron chi connectivity index (χ3n) is 3.70. The van der Waals surface area contributed by atoms with Crippen molar-refractivity contribution in [1.82, 2.24) is 5.32 Å². The average Bonchev–Trinajstić information content (AvgIpc) is 2.31. The van der Waals surface area contributed by atoms with Crippen molar-refractivity contribution in [1.29, 1.82) is 0 Å². The molecule has 1 atom stereocenters. The van der Waals surface area contributed by atoms with Crippen molar-refractivity contribution < 1.29 is 19.1 Å². The second kappa shape index (κ2) is 6.03. The maximum atomic E-state index is 13.5. The number of amides is 1. The lowest BCUT2D eigenvalue weighted by molar-refractivity contribution is -0.138. The molecular formula is C15H20FNO3. The fourth-order valence-electron chi connectivity index (χ4n) is 1.89. The largest absolute Gasteiger partial charge is 0.481 e. The van der Waals surface area contributed by atoms with E-state index in [9.17, 15) is 14.0 Å². The molecule has 0 aliphatic carbocycles. The van der Waals surface area contributed by atoms with Crippen molar-refractivity contribution in [2.45, 2.75) is 39.7 Å². The molecule has 0 fully saturated rings. The van der Waals surface area contributed by atoms with Crippen LogP contribution in [0.4, 0.5) is 4.39 Å². The van der Waals surface area contributed by atoms with Gasteiger partial charge in [-0.3, -0.25) is 9.59 Å². The minimum absolute atomic E-state index is 0.0728. The summed E-state index contributed by atoms with van der Waals surface area (Å²) in [6.45, 7) is 6.87. The Morgan fingerprint density at radius 2 is 2.00 bits per heavy atom. The zero-order chi connectivity index (χ0) is 15.5. The van der Waals surface area contributed by atoms with E-state index in [0.717, 1.165) is 0 Å². The molecular weight excluding hydrogens is 261 g/mol. The summed E-state index contributed by atoms with van der Waals surface area (Å²) in [4.78, 5) is 23.2. The van der Waals surface area contributed by atoms with Crippen LogP contribution < -0.4 is 5.32 Å². The van der Waals surface area contributed by atoms with Crippen LogP contribution in [-0.2, 0) is 4.79 Å². The van der Waals surface area contributed by atoms with E-state index >= 15 is 0 Å². The topological polar surface area (TPSA) is 66.4 Å². The normalized spacial score (nSPS) is 13.9. The zero-order valence-electron chi connectivity index (χ0n) is 12.2. The van der Waals surface area contributed by atoms with Gasteiger partial charge in [0.2, 0.25) is 0 Å². The van der Waals surface area contributed by atoms with Gasteiger partial charge in [0, 0.05) is 5.56 Å². The van der Waals surface area contributed by atoms with Crippen LogP contribution in [0.1, 0.15) is 43.1 Å². The lowest BCUT2D eigenvalue weighted by Gasteiger charge is -2.33. The molecule has 0 aliphatic heterocycles. The van der Waals surface area contributed by atoms with Gasteiger partial charge in [-0.05, 0) is 37.5 Å². The van der Waals surface area contributed by atoms with Gasteiger partial charge >= 0.3 is 5.97 Å². The van der Waals surface area contributed by atoms with Crippen molar-refractivity contribution >= 4 is 11.9 Å². The Morgan fingerprint density at radius 1 is 1.40 bits per heavy atom. The standard InChI is InChI=1S/C15H20FNO3/c1-9(2)15(4,8-13(18)19)17-14(20)11-6-5-7-12(16)10(11)3/h5-7,9H,8H2,1-4H3,(H,17,20)(H,18,19). The van der Waals surface area contributed by atoms with Gasteiger partial charge in [-0.2, -0.15) is 0 Å². The van der Waals surface area contributed by atoms with Crippen LogP contribution in [0, 0.1) is 18.7 Å². The van der Waals surface area contributed by atoms with Gasteiger partial charge in [0.05, 0.1) is 12.0 Å². The molecule has 1 rings (SSSR count). The minimum Gasteiger partial charge on any atom is -0.481 e. The molecule has 1 unspecified atom stereocenters. The molecule has 5 heteroatoms. The van der Waals surface area contributed by atoms with E-state index in [-0.39, 0.29) is 23.5 Å². The lowest BCUT2D eigenvalue weighted by Crippen LogP contribution is -2.51. The van der Waals surface area contributed by atoms with Crippen LogP contribution >= 0.6 is 0 Å². The number of halogens is 1. The van der Waals surface area contributed by atoms with Crippen molar-refractivity contribution in [3.8, 4) is 0 Å². The smallest absolute Gasteiger partial charge is 0.305 e. The first-order valence-electron chi connectivity index (χ1n) is 6.47. The Morgan fingerprint density at radius 3 is 2.50 bits per heavy atom. The molecule has 1 amide bonds. The quantitative estimate of drug-likeness (QED) is 0.872. The van der Waals surface area contributed by atoms with E-state index in [1.807, 2.05) is 13.8 Å². The molecule has 0 heterocycles. The molecule has 0 saturated carbocycles. The van der Waals surface area contributed by atoms with Crippen LogP contribution in [0.15, 0.2) is 18.2 Å². The van der Waals surface area contributed by atoms with E-state index in [4.69, 9.17) is 5.11 Å². The number of rotatable bonds is 5. The summed E-state index contributed by atoms with van der Waals surface area (Å²) < 4.78 is 13.5. The summed E-state index contributed by atoms with van der Waals surface area (Å²) in [6.07, 6.45) is -0.190. The lowest BCUT2D eigenvalue weighted by atomic mass is 9.84. The van der Waals surface area contributed by atoms with Gasteiger partial charge in [0.25, 0.3) is 5.91 Å². The fraction of sp³-hybridized carbons (Fsp3) is 0.467. The molecule has 0 aliphatic rings. The van der Waals surface area contributed by atoms with Crippen LogP contribution in [0.25, 0.3) is 0 Å². The fourth-order valence-corrected chi connectivity index (χ4v) is 1.89. The number of aliphatic carboxylic acids is 1. The number of carboxylic acids is 1.